The lowest BCUT2D eigenvalue weighted by Crippen LogP contribution is -2.41. The van der Waals surface area contributed by atoms with Gasteiger partial charge in [0.15, 0.2) is 6.61 Å². The van der Waals surface area contributed by atoms with E-state index in [0.29, 0.717) is 17.7 Å². The number of nitrogens with two attached hydrogens (primary N) is 1. The average molecular weight is 399 g/mol. The second-order valence-corrected chi connectivity index (χ2v) is 8.27. The van der Waals surface area contributed by atoms with Gasteiger partial charge < -0.3 is 10.5 Å². The molecule has 0 spiro atoms. The number of fused-ring (bicyclic) bond motifs is 1. The number of benzene rings is 2. The van der Waals surface area contributed by atoms with Crippen LogP contribution in [0.15, 0.2) is 42.5 Å². The molecule has 2 aliphatic rings. The zero-order valence-electron chi connectivity index (χ0n) is 16.1. The number of hydrogen-bond acceptors (Lipinski definition) is 3. The molecule has 28 heavy (non-hydrogen) atoms. The van der Waals surface area contributed by atoms with Gasteiger partial charge in [0.05, 0.1) is 0 Å². The molecule has 2 N–H and O–H groups in total. The van der Waals surface area contributed by atoms with Crippen molar-refractivity contribution in [3.05, 3.63) is 64.2 Å². The fourth-order valence-corrected chi connectivity index (χ4v) is 4.97. The molecule has 0 aromatic heterocycles. The van der Waals surface area contributed by atoms with Crippen molar-refractivity contribution in [3.8, 4) is 5.75 Å². The number of carbonyl (C=O) groups excluding carboxylic acids is 1. The molecule has 2 atom stereocenters. The van der Waals surface area contributed by atoms with Crippen molar-refractivity contribution in [2.45, 2.75) is 44.1 Å². The van der Waals surface area contributed by atoms with Crippen LogP contribution in [0.25, 0.3) is 0 Å². The Kier molecular flexibility index (Phi) is 5.88. The van der Waals surface area contributed by atoms with Crippen LogP contribution in [0.3, 0.4) is 0 Å². The van der Waals surface area contributed by atoms with E-state index >= 15 is 0 Å². The Morgan fingerprint density at radius 3 is 2.71 bits per heavy atom. The summed E-state index contributed by atoms with van der Waals surface area (Å²) < 4.78 is 5.60. The molecule has 5 heteroatoms. The van der Waals surface area contributed by atoms with Gasteiger partial charge in [0.25, 0.3) is 5.91 Å². The molecule has 1 aliphatic heterocycles. The molecular formula is C23H27ClN2O2. The summed E-state index contributed by atoms with van der Waals surface area (Å²) in [5.41, 5.74) is 9.13. The van der Waals surface area contributed by atoms with Crippen LogP contribution in [0.1, 0.15) is 41.9 Å². The van der Waals surface area contributed by atoms with Crippen LogP contribution in [0, 0.1) is 0 Å². The number of primary amides is 1. The third-order valence-corrected chi connectivity index (χ3v) is 6.45. The normalized spacial score (nSPS) is 22.0. The summed E-state index contributed by atoms with van der Waals surface area (Å²) in [4.78, 5) is 13.8. The van der Waals surface area contributed by atoms with Crippen LogP contribution < -0.4 is 10.5 Å². The fraction of sp³-hybridized carbons (Fsp3) is 0.435. The lowest BCUT2D eigenvalue weighted by Gasteiger charge is -2.39. The Morgan fingerprint density at radius 1 is 1.18 bits per heavy atom. The Balaban J connectivity index is 1.68. The number of halogens is 1. The highest BCUT2D eigenvalue weighted by Gasteiger charge is 2.35. The van der Waals surface area contributed by atoms with E-state index in [1.165, 1.54) is 49.0 Å². The molecule has 0 radical (unpaired) electrons. The minimum absolute atomic E-state index is 0.0937. The van der Waals surface area contributed by atoms with Crippen molar-refractivity contribution in [2.75, 3.05) is 19.7 Å². The van der Waals surface area contributed by atoms with E-state index in [-0.39, 0.29) is 6.61 Å². The first-order chi connectivity index (χ1) is 13.6. The van der Waals surface area contributed by atoms with Crippen molar-refractivity contribution < 1.29 is 9.53 Å². The summed E-state index contributed by atoms with van der Waals surface area (Å²) >= 11 is 6.50. The smallest absolute Gasteiger partial charge is 0.255 e. The van der Waals surface area contributed by atoms with Crippen molar-refractivity contribution in [3.63, 3.8) is 0 Å². The minimum Gasteiger partial charge on any atom is -0.484 e. The Labute approximate surface area is 171 Å². The van der Waals surface area contributed by atoms with E-state index in [1.807, 2.05) is 18.2 Å². The summed E-state index contributed by atoms with van der Waals surface area (Å²) in [5, 5.41) is 0.830. The quantitative estimate of drug-likeness (QED) is 0.801. The van der Waals surface area contributed by atoms with Gasteiger partial charge in [-0.05, 0) is 80.1 Å². The van der Waals surface area contributed by atoms with Crippen LogP contribution in [0.4, 0.5) is 0 Å². The first-order valence-corrected chi connectivity index (χ1v) is 10.5. The maximum Gasteiger partial charge on any atom is 0.255 e. The van der Waals surface area contributed by atoms with E-state index in [4.69, 9.17) is 22.1 Å². The highest BCUT2D eigenvalue weighted by molar-refractivity contribution is 6.31. The van der Waals surface area contributed by atoms with Gasteiger partial charge in [-0.25, -0.2) is 0 Å². The Hall–Kier alpha value is -2.04. The van der Waals surface area contributed by atoms with Crippen LogP contribution in [-0.4, -0.2) is 36.5 Å². The number of nitrogens with zero attached hydrogens (tertiary/aromatic N) is 1. The number of ether oxygens (including phenoxy) is 1. The SMILES string of the molecule is NC(=O)COc1ccc2c(c1)C(Cc1ccccc1Cl)C(N1CCCC1)CC2. The number of carbonyl (C=O) groups is 1. The van der Waals surface area contributed by atoms with Gasteiger partial charge in [-0.15, -0.1) is 0 Å². The maximum absolute atomic E-state index is 11.1. The largest absolute Gasteiger partial charge is 0.484 e. The van der Waals surface area contributed by atoms with Crippen molar-refractivity contribution in [1.82, 2.24) is 4.90 Å². The van der Waals surface area contributed by atoms with E-state index in [0.717, 1.165) is 17.9 Å². The summed E-state index contributed by atoms with van der Waals surface area (Å²) in [5.74, 6) is 0.614. The second kappa shape index (κ2) is 8.54. The number of likely N-dealkylation sites (tertiary alicyclic amines) is 1. The molecule has 148 valence electrons. The van der Waals surface area contributed by atoms with E-state index in [1.54, 1.807) is 0 Å². The zero-order chi connectivity index (χ0) is 19.5. The average Bonchev–Trinajstić information content (AvgIpc) is 3.22. The lowest BCUT2D eigenvalue weighted by molar-refractivity contribution is -0.119. The first kappa shape index (κ1) is 19.3. The zero-order valence-corrected chi connectivity index (χ0v) is 16.8. The molecule has 1 amide bonds. The predicted molar refractivity (Wildman–Crippen MR) is 112 cm³/mol. The standard InChI is InChI=1S/C23H27ClN2O2/c24-21-6-2-1-5-17(21)13-20-19-14-18(28-15-23(25)27)9-7-16(19)8-10-22(20)26-11-3-4-12-26/h1-2,5-7,9,14,20,22H,3-4,8,10-13,15H2,(H2,25,27). The van der Waals surface area contributed by atoms with Crippen molar-refractivity contribution in [2.24, 2.45) is 5.73 Å². The third kappa shape index (κ3) is 4.18. The molecular weight excluding hydrogens is 372 g/mol. The van der Waals surface area contributed by atoms with Gasteiger partial charge in [-0.1, -0.05) is 35.9 Å². The second-order valence-electron chi connectivity index (χ2n) is 7.87. The molecule has 1 aliphatic carbocycles. The number of aryl methyl sites for hydroxylation is 1. The van der Waals surface area contributed by atoms with Crippen LogP contribution in [0.2, 0.25) is 5.02 Å². The molecule has 4 nitrogen and oxygen atoms in total. The van der Waals surface area contributed by atoms with E-state index in [9.17, 15) is 4.79 Å². The van der Waals surface area contributed by atoms with Crippen molar-refractivity contribution in [1.29, 1.82) is 0 Å². The molecule has 1 heterocycles. The predicted octanol–water partition coefficient (Wildman–Crippen LogP) is 3.94. The summed E-state index contributed by atoms with van der Waals surface area (Å²) in [7, 11) is 0. The molecule has 0 bridgehead atoms. The molecule has 2 unspecified atom stereocenters. The van der Waals surface area contributed by atoms with Gasteiger partial charge in [-0.3, -0.25) is 9.69 Å². The monoisotopic (exact) mass is 398 g/mol. The van der Waals surface area contributed by atoms with Gasteiger partial charge in [0.2, 0.25) is 0 Å². The number of rotatable bonds is 6. The Bertz CT molecular complexity index is 848. The van der Waals surface area contributed by atoms with E-state index in [2.05, 4.69) is 29.2 Å². The highest BCUT2D eigenvalue weighted by atomic mass is 35.5. The molecule has 2 aromatic rings. The lowest BCUT2D eigenvalue weighted by atomic mass is 9.75. The highest BCUT2D eigenvalue weighted by Crippen LogP contribution is 2.40. The number of hydrogen-bond donors (Lipinski definition) is 1. The molecule has 2 aromatic carbocycles. The first-order valence-electron chi connectivity index (χ1n) is 10.1. The van der Waals surface area contributed by atoms with Gasteiger partial charge in [0, 0.05) is 17.0 Å². The van der Waals surface area contributed by atoms with Crippen LogP contribution >= 0.6 is 11.6 Å². The maximum atomic E-state index is 11.1. The third-order valence-electron chi connectivity index (χ3n) is 6.08. The van der Waals surface area contributed by atoms with Gasteiger partial charge in [-0.2, -0.15) is 0 Å². The van der Waals surface area contributed by atoms with Crippen LogP contribution in [-0.2, 0) is 17.6 Å². The summed E-state index contributed by atoms with van der Waals surface area (Å²) in [6.45, 7) is 2.26. The molecule has 4 rings (SSSR count). The molecule has 1 saturated heterocycles. The van der Waals surface area contributed by atoms with Gasteiger partial charge in [0.1, 0.15) is 5.75 Å². The topological polar surface area (TPSA) is 55.6 Å². The van der Waals surface area contributed by atoms with Crippen molar-refractivity contribution >= 4 is 17.5 Å². The Morgan fingerprint density at radius 2 is 1.96 bits per heavy atom. The number of amides is 1. The summed E-state index contributed by atoms with van der Waals surface area (Å²) in [6.07, 6.45) is 5.72. The molecule has 0 saturated carbocycles. The molecule has 1 fully saturated rings. The fourth-order valence-electron chi connectivity index (χ4n) is 4.76. The van der Waals surface area contributed by atoms with E-state index < -0.39 is 5.91 Å². The minimum atomic E-state index is -0.458. The van der Waals surface area contributed by atoms with Crippen LogP contribution in [0.5, 0.6) is 5.75 Å². The summed E-state index contributed by atoms with van der Waals surface area (Å²) in [6, 6.07) is 14.9. The van der Waals surface area contributed by atoms with Gasteiger partial charge >= 0.3 is 0 Å².